The van der Waals surface area contributed by atoms with Crippen LogP contribution in [0.3, 0.4) is 0 Å². The molecule has 0 saturated heterocycles. The molecule has 0 aliphatic heterocycles. The molecule has 1 radical (unpaired) electrons. The van der Waals surface area contributed by atoms with Gasteiger partial charge in [0.2, 0.25) is 34.4 Å². The standard InChI is InChI=1S/2C26H18ClN7O9S2.Cr.4Na/c2*27-24-30-25(28-14-5-8-16(9-6-14)44(38,39)40)32-26(31-24)29-15-7-10-17-13(11-15)12-20(45(41,42)43)21(22(17)35)34-33-19-4-2-1-3-18(19)23(36)37;;;;;/h2*1-12,35H,(H,36,37)(H,38,39,40)(H,41,42,43)(H2,28,29,30,31,32);;;;;/q;;+3;4*+1/p-7. The summed E-state index contributed by atoms with van der Waals surface area (Å²) in [6, 6.07) is 30.1. The maximum Gasteiger partial charge on any atom is 3.00 e. The normalized spacial score (nSPS) is 11.3. The van der Waals surface area contributed by atoms with Gasteiger partial charge in [0, 0.05) is 33.9 Å². The molecule has 10 aromatic rings. The van der Waals surface area contributed by atoms with E-state index >= 15 is 0 Å². The minimum atomic E-state index is -5.26. The van der Waals surface area contributed by atoms with Crippen LogP contribution in [0.4, 0.5) is 69.3 Å². The molecule has 0 fully saturated rings. The number of anilines is 8. The maximum absolute atomic E-state index is 13.3. The van der Waals surface area contributed by atoms with Crippen LogP contribution in [0.1, 0.15) is 20.7 Å². The quantitative estimate of drug-likeness (QED) is 0.0303. The third kappa shape index (κ3) is 21.0. The van der Waals surface area contributed by atoms with Crippen molar-refractivity contribution in [1.82, 2.24) is 29.9 Å². The molecule has 0 amide bonds. The first-order valence-corrected chi connectivity index (χ1v) is 30.8. The molecule has 5 N–H and O–H groups in total. The number of aromatic carboxylic acids is 2. The number of carboxylic acids is 2. The number of nitrogens with one attached hydrogen (secondary N) is 4. The number of aromatic nitrogens is 6. The van der Waals surface area contributed by atoms with Crippen molar-refractivity contribution < 1.29 is 217 Å². The molecular formula is C52H29Cl2CrN14Na4O18S4. The molecule has 10 rings (SSSR count). The van der Waals surface area contributed by atoms with E-state index in [-0.39, 0.29) is 225 Å². The van der Waals surface area contributed by atoms with Crippen molar-refractivity contribution in [3.63, 3.8) is 0 Å². The minimum Gasteiger partial charge on any atom is -0.871 e. The number of benzene rings is 8. The Hall–Kier alpha value is -6.01. The molecule has 2 heterocycles. The van der Waals surface area contributed by atoms with E-state index < -0.39 is 94.9 Å². The fraction of sp³-hybridized carbons (Fsp3) is 0. The Labute approximate surface area is 645 Å². The molecule has 2 aromatic heterocycles. The molecular weight excluding hydrogens is 1450 g/mol. The van der Waals surface area contributed by atoms with E-state index in [9.17, 15) is 81.9 Å². The molecule has 0 aliphatic rings. The minimum absolute atomic E-state index is 0. The topological polar surface area (TPSA) is 527 Å². The van der Waals surface area contributed by atoms with Gasteiger partial charge in [0.1, 0.15) is 35.2 Å². The number of halogens is 2. The van der Waals surface area contributed by atoms with Gasteiger partial charge in [-0.25, -0.2) is 25.3 Å². The Balaban J connectivity index is 0.000000384. The van der Waals surface area contributed by atoms with Gasteiger partial charge in [-0.2, -0.15) is 38.3 Å². The Morgan fingerprint density at radius 3 is 1.06 bits per heavy atom. The molecule has 32 nitrogen and oxygen atoms in total. The average molecular weight is 1480 g/mol. The van der Waals surface area contributed by atoms with Crippen molar-refractivity contribution in [1.29, 1.82) is 0 Å². The maximum atomic E-state index is 13.3. The number of azo groups is 2. The van der Waals surface area contributed by atoms with Crippen molar-refractivity contribution in [3.8, 4) is 11.5 Å². The molecule has 0 aliphatic carbocycles. The first-order chi connectivity index (χ1) is 42.4. The summed E-state index contributed by atoms with van der Waals surface area (Å²) in [5, 5.41) is 74.5. The first-order valence-electron chi connectivity index (χ1n) is 24.3. The SMILES string of the molecule is O=C([O-])c1ccccc1N=Nc1c(S(=O)(=O)O)cc2cc(Nc3nc(Cl)nc(Nc4ccc(S(=O)(=O)[O-])cc4)n3)ccc2c1[O-].O=C([O-])c1ccccc1N=Nc1c(S(=O)(=O)[O-])cc2cc(Nc3nc(Cl)nc(Nc4ccc(S(=O)(=O)[O-])cc4)n3)ccc2c1[O-].[Cr+3].[Na+].[Na+].[Na+].[Na+]. The number of nitrogens with zero attached hydrogens (tertiary/aromatic N) is 10. The molecule has 0 unspecified atom stereocenters. The van der Waals surface area contributed by atoms with E-state index in [1.165, 1.54) is 109 Å². The van der Waals surface area contributed by atoms with Crippen LogP contribution >= 0.6 is 23.2 Å². The summed E-state index contributed by atoms with van der Waals surface area (Å²) in [5.74, 6) is -5.39. The molecule has 8 aromatic carbocycles. The van der Waals surface area contributed by atoms with E-state index in [2.05, 4.69) is 71.6 Å². The predicted octanol–water partition coefficient (Wildman–Crippen LogP) is -5.99. The van der Waals surface area contributed by atoms with Gasteiger partial charge < -0.3 is 64.9 Å². The van der Waals surface area contributed by atoms with E-state index in [0.29, 0.717) is 11.4 Å². The van der Waals surface area contributed by atoms with Crippen LogP contribution in [0.15, 0.2) is 186 Å². The van der Waals surface area contributed by atoms with Crippen LogP contribution in [0, 0.1) is 0 Å². The molecule has 0 saturated carbocycles. The van der Waals surface area contributed by atoms with Gasteiger partial charge in [0.05, 0.1) is 49.4 Å². The summed E-state index contributed by atoms with van der Waals surface area (Å²) in [4.78, 5) is 44.0. The van der Waals surface area contributed by atoms with Crippen molar-refractivity contribution in [2.24, 2.45) is 20.5 Å². The summed E-state index contributed by atoms with van der Waals surface area (Å²) < 4.78 is 137. The zero-order chi connectivity index (χ0) is 65.0. The Kier molecular flexibility index (Phi) is 29.1. The second-order valence-corrected chi connectivity index (χ2v) is 24.0. The molecule has 43 heteroatoms. The second kappa shape index (κ2) is 34.0. The zero-order valence-corrected chi connectivity index (χ0v) is 62.6. The van der Waals surface area contributed by atoms with Crippen molar-refractivity contribution in [2.75, 3.05) is 21.3 Å². The summed E-state index contributed by atoms with van der Waals surface area (Å²) in [6.45, 7) is 0. The smallest absolute Gasteiger partial charge is 0.871 e. The van der Waals surface area contributed by atoms with Gasteiger partial charge in [-0.05, 0) is 142 Å². The summed E-state index contributed by atoms with van der Waals surface area (Å²) in [7, 11) is -19.6. The molecule has 463 valence electrons. The van der Waals surface area contributed by atoms with Gasteiger partial charge in [-0.1, -0.05) is 60.0 Å². The van der Waals surface area contributed by atoms with Crippen LogP contribution in [0.25, 0.3) is 21.5 Å². The van der Waals surface area contributed by atoms with Gasteiger partial charge in [-0.3, -0.25) is 4.55 Å². The Morgan fingerprint density at radius 1 is 0.421 bits per heavy atom. The third-order valence-corrected chi connectivity index (χ3v) is 15.7. The Morgan fingerprint density at radius 2 is 0.737 bits per heavy atom. The van der Waals surface area contributed by atoms with Crippen molar-refractivity contribution >= 4 is 166 Å². The number of carbonyl (C=O) groups excluding carboxylic acids is 2. The van der Waals surface area contributed by atoms with Crippen molar-refractivity contribution in [2.45, 2.75) is 19.6 Å². The monoisotopic (exact) mass is 1480 g/mol. The first kappa shape index (κ1) is 81.4. The fourth-order valence-corrected chi connectivity index (χ4v) is 10.5. The summed E-state index contributed by atoms with van der Waals surface area (Å²) in [5.41, 5.74) is -1.63. The zero-order valence-electron chi connectivity index (χ0n) is 48.5. The van der Waals surface area contributed by atoms with Crippen LogP contribution < -0.4 is 160 Å². The molecule has 95 heavy (non-hydrogen) atoms. The number of carbonyl (C=O) groups is 2. The number of fused-ring (bicyclic) bond motifs is 2. The molecule has 0 bridgehead atoms. The third-order valence-electron chi connectivity index (χ3n) is 11.9. The van der Waals surface area contributed by atoms with E-state index in [1.807, 2.05) is 0 Å². The van der Waals surface area contributed by atoms with Crippen LogP contribution in [0.5, 0.6) is 11.5 Å². The number of hydrogen-bond donors (Lipinski definition) is 5. The van der Waals surface area contributed by atoms with Gasteiger partial charge in [0.15, 0.2) is 0 Å². The summed E-state index contributed by atoms with van der Waals surface area (Å²) in [6.07, 6.45) is 0. The summed E-state index contributed by atoms with van der Waals surface area (Å²) >= 11 is 12.0. The van der Waals surface area contributed by atoms with Crippen LogP contribution in [-0.4, -0.2) is 93.7 Å². The average Bonchev–Trinajstić information content (AvgIpc) is 0.802. The van der Waals surface area contributed by atoms with E-state index in [0.717, 1.165) is 36.4 Å². The van der Waals surface area contributed by atoms with Gasteiger partial charge in [0.25, 0.3) is 10.1 Å². The fourth-order valence-electron chi connectivity index (χ4n) is 7.93. The van der Waals surface area contributed by atoms with E-state index in [1.54, 1.807) is 0 Å². The molecule has 0 atom stereocenters. The van der Waals surface area contributed by atoms with Crippen molar-refractivity contribution in [3.05, 3.63) is 167 Å². The second-order valence-electron chi connectivity index (χ2n) is 17.9. The Bertz CT molecular complexity index is 4810. The van der Waals surface area contributed by atoms with Crippen LogP contribution in [0.2, 0.25) is 10.6 Å². The number of rotatable bonds is 18. The van der Waals surface area contributed by atoms with Gasteiger partial charge >= 0.3 is 136 Å². The number of carboxylic acid groups (broad SMARTS) is 2. The predicted molar refractivity (Wildman–Crippen MR) is 306 cm³/mol. The number of hydrogen-bond acceptors (Lipinski definition) is 31. The van der Waals surface area contributed by atoms with E-state index in [4.69, 9.17) is 23.2 Å². The van der Waals surface area contributed by atoms with Gasteiger partial charge in [-0.15, -0.1) is 20.5 Å². The molecule has 0 spiro atoms. The van der Waals surface area contributed by atoms with Crippen LogP contribution in [-0.2, 0) is 57.8 Å². The largest absolute Gasteiger partial charge is 3.00 e.